The average molecular weight is 253 g/mol. The highest BCUT2D eigenvalue weighted by Gasteiger charge is 2.51. The maximum atomic E-state index is 12.5. The third kappa shape index (κ3) is 2.13. The molecule has 0 aliphatic heterocycles. The smallest absolute Gasteiger partial charge is 0.329 e. The standard InChI is InChI=1S/C14H23NO3/c1-3-14(8-4-5-9-14)11(16)15-13(2,12(17)18)10-6-7-10/h10H,3-9H2,1-2H3,(H,15,16)(H,17,18). The fourth-order valence-electron chi connectivity index (χ4n) is 3.15. The summed E-state index contributed by atoms with van der Waals surface area (Å²) in [5.41, 5.74) is -1.38. The van der Waals surface area contributed by atoms with Crippen molar-refractivity contribution in [2.45, 2.75) is 64.3 Å². The van der Waals surface area contributed by atoms with Gasteiger partial charge in [0.15, 0.2) is 0 Å². The van der Waals surface area contributed by atoms with Crippen LogP contribution < -0.4 is 5.32 Å². The van der Waals surface area contributed by atoms with E-state index in [9.17, 15) is 14.7 Å². The fourth-order valence-corrected chi connectivity index (χ4v) is 3.15. The molecule has 0 aromatic rings. The van der Waals surface area contributed by atoms with Crippen molar-refractivity contribution in [3.8, 4) is 0 Å². The highest BCUT2D eigenvalue weighted by atomic mass is 16.4. The van der Waals surface area contributed by atoms with E-state index >= 15 is 0 Å². The number of aliphatic carboxylic acids is 1. The van der Waals surface area contributed by atoms with E-state index in [0.29, 0.717) is 0 Å². The minimum atomic E-state index is -1.07. The Morgan fingerprint density at radius 2 is 1.89 bits per heavy atom. The van der Waals surface area contributed by atoms with Crippen LogP contribution in [0.5, 0.6) is 0 Å². The van der Waals surface area contributed by atoms with E-state index in [1.165, 1.54) is 0 Å². The van der Waals surface area contributed by atoms with Crippen molar-refractivity contribution in [1.29, 1.82) is 0 Å². The topological polar surface area (TPSA) is 66.4 Å². The van der Waals surface area contributed by atoms with Crippen LogP contribution in [0.25, 0.3) is 0 Å². The maximum Gasteiger partial charge on any atom is 0.329 e. The second-order valence-corrected chi connectivity index (χ2v) is 6.08. The first-order chi connectivity index (χ1) is 8.44. The molecule has 0 saturated heterocycles. The summed E-state index contributed by atoms with van der Waals surface area (Å²) in [6.07, 6.45) is 6.57. The van der Waals surface area contributed by atoms with Gasteiger partial charge in [-0.2, -0.15) is 0 Å². The van der Waals surface area contributed by atoms with Crippen molar-refractivity contribution in [2.24, 2.45) is 11.3 Å². The van der Waals surface area contributed by atoms with Crippen LogP contribution in [-0.4, -0.2) is 22.5 Å². The summed E-state index contributed by atoms with van der Waals surface area (Å²) in [7, 11) is 0. The van der Waals surface area contributed by atoms with Crippen molar-refractivity contribution in [3.63, 3.8) is 0 Å². The average Bonchev–Trinajstić information content (AvgIpc) is 3.07. The molecule has 0 aromatic heterocycles. The quantitative estimate of drug-likeness (QED) is 0.790. The Labute approximate surface area is 108 Å². The van der Waals surface area contributed by atoms with Crippen molar-refractivity contribution < 1.29 is 14.7 Å². The number of rotatable bonds is 5. The van der Waals surface area contributed by atoms with Gasteiger partial charge in [0, 0.05) is 5.41 Å². The van der Waals surface area contributed by atoms with Crippen LogP contribution in [0.1, 0.15) is 58.8 Å². The van der Waals surface area contributed by atoms with E-state index in [1.54, 1.807) is 6.92 Å². The molecule has 0 spiro atoms. The number of nitrogens with one attached hydrogen (secondary N) is 1. The molecule has 4 heteroatoms. The Hall–Kier alpha value is -1.06. The molecule has 0 bridgehead atoms. The minimum absolute atomic E-state index is 0.0423. The van der Waals surface area contributed by atoms with Crippen LogP contribution in [-0.2, 0) is 9.59 Å². The lowest BCUT2D eigenvalue weighted by Gasteiger charge is -2.33. The van der Waals surface area contributed by atoms with Crippen LogP contribution in [0.3, 0.4) is 0 Å². The number of carbonyl (C=O) groups excluding carboxylic acids is 1. The van der Waals surface area contributed by atoms with Crippen molar-refractivity contribution in [3.05, 3.63) is 0 Å². The summed E-state index contributed by atoms with van der Waals surface area (Å²) < 4.78 is 0. The van der Waals surface area contributed by atoms with Gasteiger partial charge in [-0.05, 0) is 44.9 Å². The van der Waals surface area contributed by atoms with Crippen LogP contribution in [0, 0.1) is 11.3 Å². The predicted molar refractivity (Wildman–Crippen MR) is 68.1 cm³/mol. The summed E-state index contributed by atoms with van der Waals surface area (Å²) >= 11 is 0. The van der Waals surface area contributed by atoms with E-state index in [0.717, 1.165) is 44.9 Å². The second-order valence-electron chi connectivity index (χ2n) is 6.08. The number of carbonyl (C=O) groups is 2. The van der Waals surface area contributed by atoms with E-state index in [-0.39, 0.29) is 17.2 Å². The van der Waals surface area contributed by atoms with E-state index in [1.807, 2.05) is 6.92 Å². The molecule has 2 fully saturated rings. The Balaban J connectivity index is 2.11. The summed E-state index contributed by atoms with van der Waals surface area (Å²) in [5.74, 6) is -0.837. The molecule has 2 aliphatic rings. The molecule has 0 radical (unpaired) electrons. The van der Waals surface area contributed by atoms with E-state index in [4.69, 9.17) is 0 Å². The van der Waals surface area contributed by atoms with Crippen molar-refractivity contribution in [2.75, 3.05) is 0 Å². The highest BCUT2D eigenvalue weighted by Crippen LogP contribution is 2.44. The lowest BCUT2D eigenvalue weighted by atomic mass is 9.81. The molecule has 1 atom stereocenters. The fraction of sp³-hybridized carbons (Fsp3) is 0.857. The van der Waals surface area contributed by atoms with Gasteiger partial charge in [-0.3, -0.25) is 4.79 Å². The molecule has 1 amide bonds. The van der Waals surface area contributed by atoms with Crippen molar-refractivity contribution in [1.82, 2.24) is 5.32 Å². The number of hydrogen-bond acceptors (Lipinski definition) is 2. The molecule has 102 valence electrons. The first-order valence-electron chi connectivity index (χ1n) is 7.00. The third-order valence-corrected chi connectivity index (χ3v) is 4.93. The lowest BCUT2D eigenvalue weighted by molar-refractivity contribution is -0.150. The molecule has 4 nitrogen and oxygen atoms in total. The van der Waals surface area contributed by atoms with Gasteiger partial charge in [-0.15, -0.1) is 0 Å². The van der Waals surface area contributed by atoms with Crippen LogP contribution >= 0.6 is 0 Å². The summed E-state index contributed by atoms with van der Waals surface area (Å²) in [6.45, 7) is 3.68. The molecular weight excluding hydrogens is 230 g/mol. The molecule has 2 aliphatic carbocycles. The number of amides is 1. The minimum Gasteiger partial charge on any atom is -0.480 e. The van der Waals surface area contributed by atoms with Gasteiger partial charge in [-0.1, -0.05) is 19.8 Å². The number of carboxylic acids is 1. The molecular formula is C14H23NO3. The monoisotopic (exact) mass is 253 g/mol. The van der Waals surface area contributed by atoms with Gasteiger partial charge < -0.3 is 10.4 Å². The summed E-state index contributed by atoms with van der Waals surface area (Å²) in [4.78, 5) is 23.9. The Bertz CT molecular complexity index is 356. The largest absolute Gasteiger partial charge is 0.480 e. The maximum absolute atomic E-state index is 12.5. The third-order valence-electron chi connectivity index (χ3n) is 4.93. The Kier molecular flexibility index (Phi) is 3.39. The number of carboxylic acid groups (broad SMARTS) is 1. The van der Waals surface area contributed by atoms with E-state index in [2.05, 4.69) is 5.32 Å². The van der Waals surface area contributed by atoms with Crippen molar-refractivity contribution >= 4 is 11.9 Å². The summed E-state index contributed by atoms with van der Waals surface area (Å²) in [5, 5.41) is 12.2. The SMILES string of the molecule is CCC1(C(=O)NC(C)(C(=O)O)C2CC2)CCCC1. The normalized spacial score (nSPS) is 25.4. The molecule has 1 unspecified atom stereocenters. The highest BCUT2D eigenvalue weighted by molar-refractivity contribution is 5.90. The molecule has 2 saturated carbocycles. The Morgan fingerprint density at radius 3 is 2.28 bits per heavy atom. The molecule has 0 heterocycles. The first-order valence-corrected chi connectivity index (χ1v) is 7.00. The summed E-state index contributed by atoms with van der Waals surface area (Å²) in [6, 6.07) is 0. The zero-order valence-electron chi connectivity index (χ0n) is 11.3. The van der Waals surface area contributed by atoms with Gasteiger partial charge in [0.25, 0.3) is 0 Å². The van der Waals surface area contributed by atoms with Crippen LogP contribution in [0.2, 0.25) is 0 Å². The molecule has 0 aromatic carbocycles. The lowest BCUT2D eigenvalue weighted by Crippen LogP contribution is -2.57. The van der Waals surface area contributed by atoms with Crippen LogP contribution in [0.15, 0.2) is 0 Å². The van der Waals surface area contributed by atoms with Gasteiger partial charge in [0.05, 0.1) is 0 Å². The van der Waals surface area contributed by atoms with Gasteiger partial charge in [0.1, 0.15) is 5.54 Å². The van der Waals surface area contributed by atoms with Gasteiger partial charge in [-0.25, -0.2) is 4.79 Å². The second kappa shape index (κ2) is 4.56. The molecule has 18 heavy (non-hydrogen) atoms. The zero-order valence-corrected chi connectivity index (χ0v) is 11.3. The molecule has 2 N–H and O–H groups in total. The first kappa shape index (κ1) is 13.4. The van der Waals surface area contributed by atoms with Gasteiger partial charge >= 0.3 is 5.97 Å². The Morgan fingerprint density at radius 1 is 1.33 bits per heavy atom. The zero-order chi connectivity index (χ0) is 13.4. The van der Waals surface area contributed by atoms with Crippen LogP contribution in [0.4, 0.5) is 0 Å². The molecule has 2 rings (SSSR count). The van der Waals surface area contributed by atoms with Gasteiger partial charge in [0.2, 0.25) is 5.91 Å². The van der Waals surface area contributed by atoms with E-state index < -0.39 is 11.5 Å². The number of hydrogen-bond donors (Lipinski definition) is 2. The predicted octanol–water partition coefficient (Wildman–Crippen LogP) is 2.33.